The highest BCUT2D eigenvalue weighted by atomic mass is 19.1. The molecule has 5 nitrogen and oxygen atoms in total. The third-order valence-corrected chi connectivity index (χ3v) is 3.52. The minimum atomic E-state index is -0.473. The maximum Gasteiger partial charge on any atom is 0.310 e. The number of ether oxygens (including phenoxy) is 2. The first-order valence-corrected chi connectivity index (χ1v) is 7.86. The van der Waals surface area contributed by atoms with E-state index in [1.807, 2.05) is 0 Å². The van der Waals surface area contributed by atoms with E-state index in [4.69, 9.17) is 9.47 Å². The summed E-state index contributed by atoms with van der Waals surface area (Å²) in [7, 11) is 1.57. The molecule has 0 fully saturated rings. The van der Waals surface area contributed by atoms with Crippen LogP contribution in [0.1, 0.15) is 11.1 Å². The zero-order valence-electron chi connectivity index (χ0n) is 14.0. The molecule has 132 valence electrons. The molecule has 0 aliphatic heterocycles. The lowest BCUT2D eigenvalue weighted by Crippen LogP contribution is -2.30. The second-order valence-electron chi connectivity index (χ2n) is 5.41. The number of benzene rings is 2. The number of hydrogen-bond donors (Lipinski definition) is 1. The topological polar surface area (TPSA) is 64.6 Å². The Labute approximate surface area is 145 Å². The summed E-state index contributed by atoms with van der Waals surface area (Å²) in [5.41, 5.74) is 1.70. The van der Waals surface area contributed by atoms with Crippen LogP contribution in [0.5, 0.6) is 5.75 Å². The van der Waals surface area contributed by atoms with Crippen molar-refractivity contribution in [2.75, 3.05) is 20.3 Å². The average Bonchev–Trinajstić information content (AvgIpc) is 2.62. The summed E-state index contributed by atoms with van der Waals surface area (Å²) in [6.07, 6.45) is 0.665. The summed E-state index contributed by atoms with van der Waals surface area (Å²) in [5.74, 6) is -0.432. The monoisotopic (exact) mass is 345 g/mol. The van der Waals surface area contributed by atoms with E-state index in [-0.39, 0.29) is 24.8 Å². The van der Waals surface area contributed by atoms with Crippen molar-refractivity contribution in [3.8, 4) is 5.75 Å². The van der Waals surface area contributed by atoms with Gasteiger partial charge in [-0.3, -0.25) is 9.59 Å². The van der Waals surface area contributed by atoms with Crippen LogP contribution >= 0.6 is 0 Å². The van der Waals surface area contributed by atoms with Crippen LogP contribution in [-0.4, -0.2) is 32.1 Å². The molecule has 2 aromatic carbocycles. The fourth-order valence-corrected chi connectivity index (χ4v) is 2.16. The van der Waals surface area contributed by atoms with E-state index < -0.39 is 5.97 Å². The normalized spacial score (nSPS) is 10.2. The fraction of sp³-hybridized carbons (Fsp3) is 0.263. The van der Waals surface area contributed by atoms with Crippen LogP contribution in [0.2, 0.25) is 0 Å². The van der Waals surface area contributed by atoms with E-state index in [0.29, 0.717) is 18.7 Å². The Hall–Kier alpha value is -2.89. The Bertz CT molecular complexity index is 698. The molecule has 0 spiro atoms. The lowest BCUT2D eigenvalue weighted by molar-refractivity contribution is -0.147. The molecule has 0 bridgehead atoms. The van der Waals surface area contributed by atoms with Crippen molar-refractivity contribution in [3.05, 3.63) is 65.5 Å². The van der Waals surface area contributed by atoms with Crippen LogP contribution in [-0.2, 0) is 27.2 Å². The first-order chi connectivity index (χ1) is 12.1. The Morgan fingerprint density at radius 3 is 2.28 bits per heavy atom. The molecule has 0 radical (unpaired) electrons. The Kier molecular flexibility index (Phi) is 6.95. The van der Waals surface area contributed by atoms with Crippen LogP contribution < -0.4 is 10.1 Å². The summed E-state index contributed by atoms with van der Waals surface area (Å²) < 4.78 is 22.8. The van der Waals surface area contributed by atoms with Crippen molar-refractivity contribution in [3.63, 3.8) is 0 Å². The van der Waals surface area contributed by atoms with Gasteiger partial charge >= 0.3 is 5.97 Å². The Balaban J connectivity index is 1.64. The van der Waals surface area contributed by atoms with Crippen molar-refractivity contribution in [1.82, 2.24) is 5.32 Å². The predicted molar refractivity (Wildman–Crippen MR) is 90.8 cm³/mol. The second kappa shape index (κ2) is 9.42. The van der Waals surface area contributed by atoms with Gasteiger partial charge in [0.1, 0.15) is 11.6 Å². The number of carbonyl (C=O) groups is 2. The number of nitrogens with one attached hydrogen (secondary N) is 1. The minimum absolute atomic E-state index is 0.0901. The summed E-state index contributed by atoms with van der Waals surface area (Å²) in [6.45, 7) is 0.0684. The largest absolute Gasteiger partial charge is 0.497 e. The van der Waals surface area contributed by atoms with Gasteiger partial charge in [-0.05, 0) is 41.8 Å². The third kappa shape index (κ3) is 6.63. The van der Waals surface area contributed by atoms with Crippen molar-refractivity contribution < 1.29 is 23.5 Å². The van der Waals surface area contributed by atoms with E-state index in [1.54, 1.807) is 43.5 Å². The summed E-state index contributed by atoms with van der Waals surface area (Å²) in [5, 5.41) is 2.65. The lowest BCUT2D eigenvalue weighted by Gasteiger charge is -2.07. The first-order valence-electron chi connectivity index (χ1n) is 7.86. The molecule has 0 unspecified atom stereocenters. The molecule has 6 heteroatoms. The van der Waals surface area contributed by atoms with Gasteiger partial charge in [0, 0.05) is 6.54 Å². The number of rotatable bonds is 8. The number of carbonyl (C=O) groups excluding carboxylic acids is 2. The number of methoxy groups -OCH3 is 1. The zero-order valence-corrected chi connectivity index (χ0v) is 14.0. The maximum atomic E-state index is 12.8. The van der Waals surface area contributed by atoms with E-state index in [2.05, 4.69) is 5.32 Å². The van der Waals surface area contributed by atoms with Gasteiger partial charge in [-0.25, -0.2) is 4.39 Å². The van der Waals surface area contributed by atoms with E-state index in [9.17, 15) is 14.0 Å². The minimum Gasteiger partial charge on any atom is -0.497 e. The van der Waals surface area contributed by atoms with E-state index in [1.165, 1.54) is 12.1 Å². The molecule has 2 aromatic rings. The van der Waals surface area contributed by atoms with Crippen LogP contribution in [0.25, 0.3) is 0 Å². The van der Waals surface area contributed by atoms with E-state index in [0.717, 1.165) is 11.1 Å². The molecule has 1 amide bonds. The number of amides is 1. The summed E-state index contributed by atoms with van der Waals surface area (Å²) in [4.78, 5) is 23.4. The molecule has 0 atom stereocenters. The van der Waals surface area contributed by atoms with E-state index >= 15 is 0 Å². The predicted octanol–water partition coefficient (Wildman–Crippen LogP) is 2.28. The molecule has 25 heavy (non-hydrogen) atoms. The molecule has 0 aromatic heterocycles. The molecule has 1 N–H and O–H groups in total. The Morgan fingerprint density at radius 2 is 1.64 bits per heavy atom. The molecule has 0 heterocycles. The van der Waals surface area contributed by atoms with Gasteiger partial charge in [-0.1, -0.05) is 24.3 Å². The number of esters is 1. The molecule has 0 saturated heterocycles. The molecule has 0 aliphatic rings. The van der Waals surface area contributed by atoms with Crippen molar-refractivity contribution in [2.24, 2.45) is 0 Å². The second-order valence-corrected chi connectivity index (χ2v) is 5.41. The van der Waals surface area contributed by atoms with Gasteiger partial charge in [0.05, 0.1) is 13.5 Å². The molecule has 0 saturated carbocycles. The Morgan fingerprint density at radius 1 is 1.00 bits per heavy atom. The van der Waals surface area contributed by atoms with Crippen LogP contribution in [0, 0.1) is 5.82 Å². The van der Waals surface area contributed by atoms with Gasteiger partial charge in [-0.2, -0.15) is 0 Å². The highest BCUT2D eigenvalue weighted by molar-refractivity contribution is 5.81. The molecule has 0 aliphatic carbocycles. The number of halogens is 1. The van der Waals surface area contributed by atoms with Gasteiger partial charge in [0.15, 0.2) is 6.61 Å². The highest BCUT2D eigenvalue weighted by Gasteiger charge is 2.08. The standard InChI is InChI=1S/C19H20FNO4/c1-24-17-8-4-15(5-9-17)12-19(23)25-13-18(22)21-11-10-14-2-6-16(20)7-3-14/h2-9H,10-13H2,1H3,(H,21,22). The zero-order chi connectivity index (χ0) is 18.1. The average molecular weight is 345 g/mol. The number of hydrogen-bond acceptors (Lipinski definition) is 4. The van der Waals surface area contributed by atoms with Gasteiger partial charge in [-0.15, -0.1) is 0 Å². The van der Waals surface area contributed by atoms with Gasteiger partial charge in [0.25, 0.3) is 5.91 Å². The van der Waals surface area contributed by atoms with Crippen LogP contribution in [0.4, 0.5) is 4.39 Å². The van der Waals surface area contributed by atoms with Crippen molar-refractivity contribution >= 4 is 11.9 Å². The first kappa shape index (κ1) is 18.4. The van der Waals surface area contributed by atoms with Gasteiger partial charge in [0.2, 0.25) is 0 Å². The molecular formula is C19H20FNO4. The lowest BCUT2D eigenvalue weighted by atomic mass is 10.1. The van der Waals surface area contributed by atoms with Crippen molar-refractivity contribution in [2.45, 2.75) is 12.8 Å². The molecular weight excluding hydrogens is 325 g/mol. The maximum absolute atomic E-state index is 12.8. The van der Waals surface area contributed by atoms with Gasteiger partial charge < -0.3 is 14.8 Å². The highest BCUT2D eigenvalue weighted by Crippen LogP contribution is 2.11. The summed E-state index contributed by atoms with van der Waals surface area (Å²) in [6, 6.07) is 13.1. The van der Waals surface area contributed by atoms with Crippen LogP contribution in [0.3, 0.4) is 0 Å². The smallest absolute Gasteiger partial charge is 0.310 e. The van der Waals surface area contributed by atoms with Crippen molar-refractivity contribution in [1.29, 1.82) is 0 Å². The third-order valence-electron chi connectivity index (χ3n) is 3.52. The quantitative estimate of drug-likeness (QED) is 0.746. The SMILES string of the molecule is COc1ccc(CC(=O)OCC(=O)NCCc2ccc(F)cc2)cc1. The fourth-order valence-electron chi connectivity index (χ4n) is 2.16. The van der Waals surface area contributed by atoms with Crippen LogP contribution in [0.15, 0.2) is 48.5 Å². The molecule has 2 rings (SSSR count). The summed E-state index contributed by atoms with van der Waals surface area (Å²) >= 11 is 0.